The number of likely N-dealkylation sites (N-methyl/N-ethyl adjacent to an activating group) is 2. The van der Waals surface area contributed by atoms with Crippen LogP contribution in [-0.2, 0) is 44.6 Å². The number of carbonyl (C=O) groups excluding carboxylic acids is 5. The number of benzene rings is 1. The molecule has 0 aliphatic carbocycles. The predicted molar refractivity (Wildman–Crippen MR) is 220 cm³/mol. The van der Waals surface area contributed by atoms with Crippen molar-refractivity contribution >= 4 is 29.5 Å². The minimum Gasteiger partial charge on any atom is -0.467 e. The molecule has 1 saturated heterocycles. The number of hydrogen-bond donors (Lipinski definition) is 1. The Kier molecular flexibility index (Phi) is 20.2. The fourth-order valence-electron chi connectivity index (χ4n) is 8.39. The summed E-state index contributed by atoms with van der Waals surface area (Å²) in [5.41, 5.74) is 0.880. The third kappa shape index (κ3) is 12.8. The van der Waals surface area contributed by atoms with Crippen molar-refractivity contribution in [2.45, 2.75) is 143 Å². The van der Waals surface area contributed by atoms with Crippen LogP contribution in [0.1, 0.15) is 100.0 Å². The molecular weight excluding hydrogens is 713 g/mol. The molecule has 1 heterocycles. The van der Waals surface area contributed by atoms with Gasteiger partial charge in [0.15, 0.2) is 5.78 Å². The van der Waals surface area contributed by atoms with Gasteiger partial charge in [-0.05, 0) is 57.1 Å². The zero-order valence-electron chi connectivity index (χ0n) is 36.9. The van der Waals surface area contributed by atoms with Crippen LogP contribution in [0.2, 0.25) is 0 Å². The predicted octanol–water partition coefficient (Wildman–Crippen LogP) is 5.40. The van der Waals surface area contributed by atoms with Crippen LogP contribution in [0, 0.1) is 29.6 Å². The Morgan fingerprint density at radius 2 is 1.50 bits per heavy atom. The lowest BCUT2D eigenvalue weighted by Gasteiger charge is -2.41. The molecule has 1 aliphatic rings. The number of ether oxygens (including phenoxy) is 3. The zero-order valence-corrected chi connectivity index (χ0v) is 36.9. The Balaban J connectivity index is 2.30. The van der Waals surface area contributed by atoms with Crippen molar-refractivity contribution in [2.75, 3.05) is 42.0 Å². The minimum absolute atomic E-state index is 0.0100. The molecule has 1 fully saturated rings. The highest BCUT2D eigenvalue weighted by molar-refractivity contribution is 5.90. The first-order valence-electron chi connectivity index (χ1n) is 20.6. The molecule has 56 heavy (non-hydrogen) atoms. The molecule has 12 heteroatoms. The third-order valence-corrected chi connectivity index (χ3v) is 12.1. The molecule has 1 aliphatic heterocycles. The normalized spacial score (nSPS) is 19.0. The maximum absolute atomic E-state index is 14.4. The SMILES string of the molecule is CC[C@H](C)[C@@H](C(CC(=O)N1CCC[C@H]1[C@H](OC)[C@@H](C)C(=O)N[C@@H](Cc1ccccc1)C(=O)OC)OC)N(C)C(=O)[C@@H](CC(=O)[C@H](C(C)C)N(C)C(C)C)C(C)C. The molecule has 3 amide bonds. The van der Waals surface area contributed by atoms with Gasteiger partial charge in [0.05, 0.1) is 49.8 Å². The standard InChI is InChI=1S/C44H74N4O8/c1-15-30(8)40(47(11)43(52)33(27(2)3)25-36(49)39(28(4)5)46(10)29(6)7)37(54-12)26-38(50)48-23-19-22-35(48)41(55-13)31(9)42(51)45-34(44(53)56-14)24-32-20-17-16-18-21-32/h16-18,20-21,27-31,33-35,37,39-41H,15,19,22-26H2,1-14H3,(H,45,51)/t30-,31+,33-,34-,35-,37?,39-,40-,41+/m0/s1. The van der Waals surface area contributed by atoms with Gasteiger partial charge in [0.2, 0.25) is 17.7 Å². The summed E-state index contributed by atoms with van der Waals surface area (Å²) in [6.07, 6.45) is 1.30. The summed E-state index contributed by atoms with van der Waals surface area (Å²) >= 11 is 0. The van der Waals surface area contributed by atoms with Crippen molar-refractivity contribution in [1.29, 1.82) is 0 Å². The summed E-state index contributed by atoms with van der Waals surface area (Å²) < 4.78 is 17.0. The number of likely N-dealkylation sites (tertiary alicyclic amines) is 1. The van der Waals surface area contributed by atoms with Crippen molar-refractivity contribution in [3.63, 3.8) is 0 Å². The average molecular weight is 787 g/mol. The van der Waals surface area contributed by atoms with Gasteiger partial charge in [0.1, 0.15) is 6.04 Å². The highest BCUT2D eigenvalue weighted by atomic mass is 16.5. The number of hydrogen-bond acceptors (Lipinski definition) is 9. The second-order valence-corrected chi connectivity index (χ2v) is 16.8. The maximum atomic E-state index is 14.4. The van der Waals surface area contributed by atoms with Gasteiger partial charge in [0, 0.05) is 52.6 Å². The summed E-state index contributed by atoms with van der Waals surface area (Å²) in [5, 5.41) is 2.87. The van der Waals surface area contributed by atoms with Gasteiger partial charge in [-0.2, -0.15) is 0 Å². The number of amides is 3. The molecule has 0 saturated carbocycles. The van der Waals surface area contributed by atoms with E-state index in [0.29, 0.717) is 13.0 Å². The van der Waals surface area contributed by atoms with Gasteiger partial charge in [0.25, 0.3) is 0 Å². The summed E-state index contributed by atoms with van der Waals surface area (Å²) in [7, 11) is 8.14. The van der Waals surface area contributed by atoms with E-state index in [-0.39, 0.29) is 78.6 Å². The second-order valence-electron chi connectivity index (χ2n) is 16.8. The molecule has 318 valence electrons. The van der Waals surface area contributed by atoms with E-state index >= 15 is 0 Å². The fraction of sp³-hybridized carbons (Fsp3) is 0.750. The highest BCUT2D eigenvalue weighted by Gasteiger charge is 2.43. The van der Waals surface area contributed by atoms with E-state index in [1.807, 2.05) is 65.1 Å². The Hall–Kier alpha value is -3.35. The molecule has 1 unspecified atom stereocenters. The van der Waals surface area contributed by atoms with Crippen molar-refractivity contribution in [1.82, 2.24) is 20.0 Å². The molecule has 0 radical (unpaired) electrons. The van der Waals surface area contributed by atoms with Gasteiger partial charge in [-0.3, -0.25) is 24.1 Å². The molecule has 9 atom stereocenters. The molecule has 12 nitrogen and oxygen atoms in total. The number of ketones is 1. The van der Waals surface area contributed by atoms with Crippen LogP contribution >= 0.6 is 0 Å². The Morgan fingerprint density at radius 3 is 2.00 bits per heavy atom. The third-order valence-electron chi connectivity index (χ3n) is 12.1. The fourth-order valence-corrected chi connectivity index (χ4v) is 8.39. The van der Waals surface area contributed by atoms with Gasteiger partial charge in [-0.1, -0.05) is 85.2 Å². The van der Waals surface area contributed by atoms with E-state index in [9.17, 15) is 24.0 Å². The van der Waals surface area contributed by atoms with Crippen molar-refractivity contribution < 1.29 is 38.2 Å². The van der Waals surface area contributed by atoms with Crippen molar-refractivity contribution in [2.24, 2.45) is 29.6 Å². The molecule has 0 bridgehead atoms. The second kappa shape index (κ2) is 23.2. The first kappa shape index (κ1) is 48.8. The van der Waals surface area contributed by atoms with E-state index in [0.717, 1.165) is 18.4 Å². The van der Waals surface area contributed by atoms with Gasteiger partial charge < -0.3 is 29.3 Å². The smallest absolute Gasteiger partial charge is 0.328 e. The van der Waals surface area contributed by atoms with Gasteiger partial charge in [-0.25, -0.2) is 4.79 Å². The minimum atomic E-state index is -0.887. The number of carbonyl (C=O) groups is 5. The molecule has 0 aromatic heterocycles. The van der Waals surface area contributed by atoms with E-state index < -0.39 is 42.1 Å². The summed E-state index contributed by atoms with van der Waals surface area (Å²) in [5.74, 6) is -2.35. The van der Waals surface area contributed by atoms with E-state index in [4.69, 9.17) is 14.2 Å². The number of methoxy groups -OCH3 is 3. The lowest BCUT2D eigenvalue weighted by atomic mass is 9.83. The van der Waals surface area contributed by atoms with E-state index in [2.05, 4.69) is 37.9 Å². The zero-order chi connectivity index (χ0) is 42.4. The Labute approximate surface area is 337 Å². The lowest BCUT2D eigenvalue weighted by molar-refractivity contribution is -0.150. The molecule has 1 aromatic carbocycles. The van der Waals surface area contributed by atoms with Crippen LogP contribution in [-0.4, -0.2) is 129 Å². The number of esters is 1. The maximum Gasteiger partial charge on any atom is 0.328 e. The summed E-state index contributed by atoms with van der Waals surface area (Å²) in [4.78, 5) is 74.5. The Morgan fingerprint density at radius 1 is 0.875 bits per heavy atom. The van der Waals surface area contributed by atoms with Crippen LogP contribution < -0.4 is 5.32 Å². The van der Waals surface area contributed by atoms with Crippen LogP contribution in [0.5, 0.6) is 0 Å². The van der Waals surface area contributed by atoms with E-state index in [1.54, 1.807) is 30.9 Å². The quantitative estimate of drug-likeness (QED) is 0.145. The Bertz CT molecular complexity index is 1400. The molecular formula is C44H74N4O8. The first-order valence-corrected chi connectivity index (χ1v) is 20.6. The summed E-state index contributed by atoms with van der Waals surface area (Å²) in [6, 6.07) is 7.58. The first-order chi connectivity index (χ1) is 26.4. The van der Waals surface area contributed by atoms with E-state index in [1.165, 1.54) is 14.2 Å². The van der Waals surface area contributed by atoms with Crippen molar-refractivity contribution in [3.8, 4) is 0 Å². The van der Waals surface area contributed by atoms with Crippen LogP contribution in [0.4, 0.5) is 0 Å². The highest BCUT2D eigenvalue weighted by Crippen LogP contribution is 2.31. The molecule has 1 aromatic rings. The summed E-state index contributed by atoms with van der Waals surface area (Å²) in [6.45, 7) is 18.5. The lowest BCUT2D eigenvalue weighted by Crippen LogP contribution is -2.55. The van der Waals surface area contributed by atoms with Crippen LogP contribution in [0.3, 0.4) is 0 Å². The monoisotopic (exact) mass is 787 g/mol. The van der Waals surface area contributed by atoms with Gasteiger partial charge >= 0.3 is 5.97 Å². The number of nitrogens with one attached hydrogen (secondary N) is 1. The average Bonchev–Trinajstić information content (AvgIpc) is 3.65. The largest absolute Gasteiger partial charge is 0.467 e. The van der Waals surface area contributed by atoms with Crippen molar-refractivity contribution in [3.05, 3.63) is 35.9 Å². The molecule has 2 rings (SSSR count). The number of Topliss-reactive ketones (excluding diaryl/α,β-unsaturated/α-hetero) is 1. The molecule has 1 N–H and O–H groups in total. The molecule has 0 spiro atoms. The van der Waals surface area contributed by atoms with Gasteiger partial charge in [-0.15, -0.1) is 0 Å². The number of nitrogens with zero attached hydrogens (tertiary/aromatic N) is 3. The number of rotatable bonds is 23. The van der Waals surface area contributed by atoms with Crippen LogP contribution in [0.25, 0.3) is 0 Å². The topological polar surface area (TPSA) is 135 Å². The van der Waals surface area contributed by atoms with Crippen LogP contribution in [0.15, 0.2) is 30.3 Å².